The third-order valence-electron chi connectivity index (χ3n) is 3.05. The highest BCUT2D eigenvalue weighted by atomic mass is 35.5. The van der Waals surface area contributed by atoms with Gasteiger partial charge < -0.3 is 9.84 Å². The average molecular weight is 369 g/mol. The SMILES string of the molecule is CO/C=C(/C(=O)O)c1ccccc1CSc1ccc(Cl)cc1Cl. The number of benzene rings is 2. The van der Waals surface area contributed by atoms with E-state index in [2.05, 4.69) is 0 Å². The minimum Gasteiger partial charge on any atom is -0.503 e. The molecule has 3 nitrogen and oxygen atoms in total. The number of hydrogen-bond donors (Lipinski definition) is 1. The van der Waals surface area contributed by atoms with Crippen LogP contribution in [-0.4, -0.2) is 18.2 Å². The van der Waals surface area contributed by atoms with Crippen LogP contribution < -0.4 is 0 Å². The Kier molecular flexibility index (Phi) is 6.39. The number of carbonyl (C=O) groups is 1. The molecular weight excluding hydrogens is 355 g/mol. The summed E-state index contributed by atoms with van der Waals surface area (Å²) < 4.78 is 4.88. The number of carboxylic acid groups (broad SMARTS) is 1. The summed E-state index contributed by atoms with van der Waals surface area (Å²) in [6, 6.07) is 12.6. The fraction of sp³-hybridized carbons (Fsp3) is 0.118. The average Bonchev–Trinajstić information content (AvgIpc) is 2.52. The fourth-order valence-corrected chi connectivity index (χ4v) is 3.50. The van der Waals surface area contributed by atoms with Crippen LogP contribution in [0.2, 0.25) is 10.0 Å². The standard InChI is InChI=1S/C17H14Cl2O3S/c1-22-9-14(17(20)21)13-5-3-2-4-11(13)10-23-16-7-6-12(18)8-15(16)19/h2-9H,10H2,1H3,(H,20,21)/b14-9+. The second-order valence-electron chi connectivity index (χ2n) is 4.59. The van der Waals surface area contributed by atoms with Gasteiger partial charge in [-0.2, -0.15) is 0 Å². The van der Waals surface area contributed by atoms with Crippen molar-refractivity contribution in [1.82, 2.24) is 0 Å². The van der Waals surface area contributed by atoms with E-state index in [-0.39, 0.29) is 5.57 Å². The van der Waals surface area contributed by atoms with Crippen LogP contribution in [0.3, 0.4) is 0 Å². The molecule has 0 radical (unpaired) electrons. The van der Waals surface area contributed by atoms with Crippen LogP contribution in [-0.2, 0) is 15.3 Å². The zero-order valence-corrected chi connectivity index (χ0v) is 14.6. The first-order valence-corrected chi connectivity index (χ1v) is 8.39. The van der Waals surface area contributed by atoms with E-state index in [1.807, 2.05) is 18.2 Å². The molecule has 0 aliphatic heterocycles. The van der Waals surface area contributed by atoms with E-state index in [0.717, 1.165) is 10.5 Å². The van der Waals surface area contributed by atoms with Gasteiger partial charge in [-0.25, -0.2) is 4.79 Å². The molecule has 0 unspecified atom stereocenters. The Morgan fingerprint density at radius 3 is 2.65 bits per heavy atom. The van der Waals surface area contributed by atoms with Crippen molar-refractivity contribution in [3.8, 4) is 0 Å². The second-order valence-corrected chi connectivity index (χ2v) is 6.45. The molecule has 0 fully saturated rings. The molecule has 120 valence electrons. The maximum atomic E-state index is 11.4. The third kappa shape index (κ3) is 4.67. The maximum Gasteiger partial charge on any atom is 0.339 e. The molecule has 0 spiro atoms. The van der Waals surface area contributed by atoms with Crippen molar-refractivity contribution in [2.45, 2.75) is 10.6 Å². The monoisotopic (exact) mass is 368 g/mol. The predicted octanol–water partition coefficient (Wildman–Crippen LogP) is 5.36. The molecule has 1 N–H and O–H groups in total. The first-order chi connectivity index (χ1) is 11.0. The van der Waals surface area contributed by atoms with Crippen molar-refractivity contribution in [2.75, 3.05) is 7.11 Å². The minimum absolute atomic E-state index is 0.117. The molecule has 2 rings (SSSR count). The summed E-state index contributed by atoms with van der Waals surface area (Å²) >= 11 is 13.6. The lowest BCUT2D eigenvalue weighted by molar-refractivity contribution is -0.130. The molecule has 23 heavy (non-hydrogen) atoms. The number of thioether (sulfide) groups is 1. The van der Waals surface area contributed by atoms with Crippen LogP contribution in [0.25, 0.3) is 5.57 Å². The van der Waals surface area contributed by atoms with Crippen LogP contribution in [0.15, 0.2) is 53.6 Å². The number of ether oxygens (including phenoxy) is 1. The minimum atomic E-state index is -1.03. The molecule has 0 aromatic heterocycles. The lowest BCUT2D eigenvalue weighted by atomic mass is 10.0. The van der Waals surface area contributed by atoms with Crippen molar-refractivity contribution in [1.29, 1.82) is 0 Å². The summed E-state index contributed by atoms with van der Waals surface area (Å²) in [4.78, 5) is 12.3. The molecule has 2 aromatic carbocycles. The zero-order chi connectivity index (χ0) is 16.8. The Hall–Kier alpha value is -1.62. The highest BCUT2D eigenvalue weighted by Gasteiger charge is 2.15. The number of rotatable bonds is 6. The van der Waals surface area contributed by atoms with Gasteiger partial charge >= 0.3 is 5.97 Å². The summed E-state index contributed by atoms with van der Waals surface area (Å²) in [6.45, 7) is 0. The van der Waals surface area contributed by atoms with Crippen molar-refractivity contribution in [3.63, 3.8) is 0 Å². The maximum absolute atomic E-state index is 11.4. The van der Waals surface area contributed by atoms with Crippen LogP contribution >= 0.6 is 35.0 Å². The second kappa shape index (κ2) is 8.29. The van der Waals surface area contributed by atoms with Gasteiger partial charge in [0.2, 0.25) is 0 Å². The van der Waals surface area contributed by atoms with Gasteiger partial charge in [-0.05, 0) is 29.3 Å². The van der Waals surface area contributed by atoms with E-state index < -0.39 is 5.97 Å². The van der Waals surface area contributed by atoms with Crippen molar-refractivity contribution < 1.29 is 14.6 Å². The highest BCUT2D eigenvalue weighted by molar-refractivity contribution is 7.98. The summed E-state index contributed by atoms with van der Waals surface area (Å²) in [5.74, 6) is -0.458. The Bertz CT molecular complexity index is 744. The number of methoxy groups -OCH3 is 1. The quantitative estimate of drug-likeness (QED) is 0.423. The Balaban J connectivity index is 2.27. The van der Waals surface area contributed by atoms with Gasteiger partial charge in [0, 0.05) is 15.7 Å². The van der Waals surface area contributed by atoms with E-state index >= 15 is 0 Å². The van der Waals surface area contributed by atoms with Gasteiger partial charge in [0.15, 0.2) is 0 Å². The fourth-order valence-electron chi connectivity index (χ4n) is 2.00. The molecule has 0 saturated carbocycles. The lowest BCUT2D eigenvalue weighted by Gasteiger charge is -2.11. The van der Waals surface area contributed by atoms with Gasteiger partial charge in [0.05, 0.1) is 18.4 Å². The Labute approximate surface area is 148 Å². The number of aliphatic carboxylic acids is 1. The van der Waals surface area contributed by atoms with E-state index in [9.17, 15) is 9.90 Å². The first kappa shape index (κ1) is 17.7. The van der Waals surface area contributed by atoms with Gasteiger partial charge in [-0.3, -0.25) is 0 Å². The van der Waals surface area contributed by atoms with Crippen LogP contribution in [0.4, 0.5) is 0 Å². The molecule has 0 amide bonds. The van der Waals surface area contributed by atoms with Crippen LogP contribution in [0.5, 0.6) is 0 Å². The largest absolute Gasteiger partial charge is 0.503 e. The topological polar surface area (TPSA) is 46.5 Å². The zero-order valence-electron chi connectivity index (χ0n) is 12.3. The Morgan fingerprint density at radius 1 is 1.26 bits per heavy atom. The number of carboxylic acids is 1. The molecule has 2 aromatic rings. The molecule has 0 aliphatic rings. The molecule has 0 saturated heterocycles. The molecule has 0 heterocycles. The van der Waals surface area contributed by atoms with E-state index in [1.54, 1.807) is 24.3 Å². The van der Waals surface area contributed by atoms with E-state index in [0.29, 0.717) is 21.4 Å². The Morgan fingerprint density at radius 2 is 2.00 bits per heavy atom. The molecular formula is C17H14Cl2O3S. The lowest BCUT2D eigenvalue weighted by Crippen LogP contribution is -2.03. The van der Waals surface area contributed by atoms with Crippen LogP contribution in [0.1, 0.15) is 11.1 Å². The predicted molar refractivity (Wildman–Crippen MR) is 95.1 cm³/mol. The third-order valence-corrected chi connectivity index (χ3v) is 4.83. The molecule has 0 atom stereocenters. The van der Waals surface area contributed by atoms with Gasteiger partial charge in [0.25, 0.3) is 0 Å². The summed E-state index contributed by atoms with van der Waals surface area (Å²) in [5, 5.41) is 10.5. The smallest absolute Gasteiger partial charge is 0.339 e. The number of hydrogen-bond acceptors (Lipinski definition) is 3. The van der Waals surface area contributed by atoms with Gasteiger partial charge in [0.1, 0.15) is 5.57 Å². The van der Waals surface area contributed by atoms with Crippen molar-refractivity contribution in [3.05, 3.63) is 69.9 Å². The van der Waals surface area contributed by atoms with Crippen LogP contribution in [0, 0.1) is 0 Å². The summed E-state index contributed by atoms with van der Waals surface area (Å²) in [6.07, 6.45) is 1.24. The molecule has 0 bridgehead atoms. The summed E-state index contributed by atoms with van der Waals surface area (Å²) in [7, 11) is 1.42. The van der Waals surface area contributed by atoms with E-state index in [4.69, 9.17) is 27.9 Å². The number of halogens is 2. The van der Waals surface area contributed by atoms with Gasteiger partial charge in [-0.1, -0.05) is 47.5 Å². The van der Waals surface area contributed by atoms with Crippen molar-refractivity contribution in [2.24, 2.45) is 0 Å². The molecule has 6 heteroatoms. The van der Waals surface area contributed by atoms with Gasteiger partial charge in [-0.15, -0.1) is 11.8 Å². The van der Waals surface area contributed by atoms with Crippen molar-refractivity contribution >= 4 is 46.5 Å². The molecule has 0 aliphatic carbocycles. The normalized spacial score (nSPS) is 11.3. The first-order valence-electron chi connectivity index (χ1n) is 6.65. The highest BCUT2D eigenvalue weighted by Crippen LogP contribution is 2.33. The summed E-state index contributed by atoms with van der Waals surface area (Å²) in [5.41, 5.74) is 1.62. The van der Waals surface area contributed by atoms with E-state index in [1.165, 1.54) is 25.1 Å².